The van der Waals surface area contributed by atoms with Gasteiger partial charge in [0.2, 0.25) is 35.4 Å². The summed E-state index contributed by atoms with van der Waals surface area (Å²) in [4.78, 5) is 98.6. The lowest BCUT2D eigenvalue weighted by Crippen LogP contribution is -2.60. The van der Waals surface area contributed by atoms with Crippen LogP contribution in [0.1, 0.15) is 52.0 Å². The molecule has 4 rings (SSSR count). The van der Waals surface area contributed by atoms with E-state index in [1.165, 1.54) is 41.7 Å². The Morgan fingerprint density at radius 3 is 2.13 bits per heavy atom. The van der Waals surface area contributed by atoms with Crippen molar-refractivity contribution in [2.75, 3.05) is 26.7 Å². The van der Waals surface area contributed by atoms with Crippen molar-refractivity contribution in [3.05, 3.63) is 84.0 Å². The van der Waals surface area contributed by atoms with Crippen LogP contribution in [0, 0.1) is 11.6 Å². The number of nitrogens with one attached hydrogen (secondary N) is 3. The number of carbonyl (C=O) groups is 7. The maximum atomic E-state index is 14.2. The summed E-state index contributed by atoms with van der Waals surface area (Å²) in [6.45, 7) is 4.44. The molecule has 0 aromatic heterocycles. The summed E-state index contributed by atoms with van der Waals surface area (Å²) < 4.78 is 33.9. The molecule has 0 aliphatic carbocycles. The molecule has 3 heterocycles. The Morgan fingerprint density at radius 1 is 0.873 bits per heavy atom. The second-order valence-electron chi connectivity index (χ2n) is 13.6. The van der Waals surface area contributed by atoms with E-state index in [1.807, 2.05) is 19.1 Å². The monoisotopic (exact) mass is 766 g/mol. The first-order valence-electron chi connectivity index (χ1n) is 18.2. The van der Waals surface area contributed by atoms with Crippen LogP contribution in [-0.4, -0.2) is 119 Å². The van der Waals surface area contributed by atoms with Crippen LogP contribution in [0.3, 0.4) is 0 Å². The molecule has 3 fully saturated rings. The molecule has 6 amide bonds. The molecule has 0 bridgehead atoms. The quantitative estimate of drug-likeness (QED) is 0.193. The molecule has 0 spiro atoms. The lowest BCUT2D eigenvalue weighted by molar-refractivity contribution is -0.158. The molecule has 3 N–H and O–H groups in total. The molecule has 3 aliphatic heterocycles. The normalized spacial score (nSPS) is 25.2. The summed E-state index contributed by atoms with van der Waals surface area (Å²) >= 11 is 0. The van der Waals surface area contributed by atoms with Gasteiger partial charge in [0.1, 0.15) is 54.5 Å². The van der Waals surface area contributed by atoms with Crippen molar-refractivity contribution in [1.82, 2.24) is 30.7 Å². The first-order valence-corrected chi connectivity index (χ1v) is 18.2. The Labute approximate surface area is 318 Å². The van der Waals surface area contributed by atoms with Crippen LogP contribution in [-0.2, 0) is 44.7 Å². The van der Waals surface area contributed by atoms with Gasteiger partial charge in [0.15, 0.2) is 0 Å². The summed E-state index contributed by atoms with van der Waals surface area (Å²) in [6.07, 6.45) is 13.9. The van der Waals surface area contributed by atoms with E-state index in [1.54, 1.807) is 24.3 Å². The molecule has 296 valence electrons. The molecule has 14 nitrogen and oxygen atoms in total. The van der Waals surface area contributed by atoms with Gasteiger partial charge < -0.3 is 35.4 Å². The molecule has 3 saturated heterocycles. The second kappa shape index (κ2) is 19.6. The van der Waals surface area contributed by atoms with Crippen LogP contribution in [0.25, 0.3) is 0 Å². The van der Waals surface area contributed by atoms with E-state index < -0.39 is 102 Å². The molecule has 0 unspecified atom stereocenters. The van der Waals surface area contributed by atoms with Crippen LogP contribution in [0.2, 0.25) is 0 Å². The minimum atomic E-state index is -1.58. The molecule has 1 aromatic carbocycles. The highest BCUT2D eigenvalue weighted by Gasteiger charge is 2.43. The van der Waals surface area contributed by atoms with E-state index in [-0.39, 0.29) is 31.5 Å². The Hall–Kier alpha value is -5.67. The predicted molar refractivity (Wildman–Crippen MR) is 196 cm³/mol. The van der Waals surface area contributed by atoms with E-state index in [9.17, 15) is 42.3 Å². The summed E-state index contributed by atoms with van der Waals surface area (Å²) in [7, 11) is 1.41. The zero-order valence-electron chi connectivity index (χ0n) is 31.3. The van der Waals surface area contributed by atoms with Gasteiger partial charge in [-0.2, -0.15) is 0 Å². The van der Waals surface area contributed by atoms with Crippen molar-refractivity contribution >= 4 is 41.4 Å². The van der Waals surface area contributed by atoms with Gasteiger partial charge in [-0.15, -0.1) is 0 Å². The number of amides is 6. The largest absolute Gasteiger partial charge is 0.461 e. The summed E-state index contributed by atoms with van der Waals surface area (Å²) in [5.74, 6) is -6.83. The van der Waals surface area contributed by atoms with Crippen LogP contribution < -0.4 is 16.0 Å². The number of likely N-dealkylation sites (N-methyl/N-ethyl adjacent to an activating group) is 1. The Morgan fingerprint density at radius 2 is 1.47 bits per heavy atom. The number of hydrogen-bond donors (Lipinski definition) is 3. The number of nitrogens with zero attached hydrogens (tertiary/aromatic N) is 3. The lowest BCUT2D eigenvalue weighted by atomic mass is 10.0. The van der Waals surface area contributed by atoms with Crippen molar-refractivity contribution in [2.45, 2.75) is 89.1 Å². The van der Waals surface area contributed by atoms with E-state index in [2.05, 4.69) is 16.0 Å². The van der Waals surface area contributed by atoms with E-state index in [4.69, 9.17) is 4.74 Å². The summed E-state index contributed by atoms with van der Waals surface area (Å²) in [5, 5.41) is 7.67. The van der Waals surface area contributed by atoms with Crippen molar-refractivity contribution in [1.29, 1.82) is 0 Å². The molecule has 3 aliphatic rings. The van der Waals surface area contributed by atoms with Crippen molar-refractivity contribution in [2.24, 2.45) is 0 Å². The van der Waals surface area contributed by atoms with Gasteiger partial charge in [-0.25, -0.2) is 13.6 Å². The SMILES string of the molecule is CC=CC=CC=CC=CC(=O)N[C@@H](Cc1cc(F)cc(F)c1)C(=O)N[C@H]1COC(=O)[C@@H]2CCCN2C(=O)[C@H](C)NC(=O)[C@H](C)N(C)C(=O)[C@@H]2CCCN2C1=O. The number of benzene rings is 1. The fraction of sp³-hybridized carbons (Fsp3) is 0.462. The van der Waals surface area contributed by atoms with Gasteiger partial charge in [0.25, 0.3) is 0 Å². The van der Waals surface area contributed by atoms with Gasteiger partial charge in [0, 0.05) is 38.7 Å². The maximum absolute atomic E-state index is 14.2. The zero-order valence-corrected chi connectivity index (χ0v) is 31.3. The highest BCUT2D eigenvalue weighted by Crippen LogP contribution is 2.23. The molecule has 55 heavy (non-hydrogen) atoms. The molecule has 0 saturated carbocycles. The number of esters is 1. The fourth-order valence-electron chi connectivity index (χ4n) is 6.62. The van der Waals surface area contributed by atoms with Crippen molar-refractivity contribution in [3.63, 3.8) is 0 Å². The standard InChI is InChI=1S/C39H48F2N6O8/c1-5-6-7-8-9-10-11-16-33(48)43-29(21-26-19-27(40)22-28(41)20-26)35(50)44-30-23-55-39(54)32-15-13-18-47(32)36(51)24(2)42-34(49)25(3)45(4)38(53)31-14-12-17-46(31)37(30)52/h5-11,16,19-20,22,24-25,29-32H,12-15,17-18,21,23H2,1-4H3,(H,42,49)(H,43,48)(H,44,50)/t24-,25-,29-,30-,31-,32-/m0/s1. The minimum absolute atomic E-state index is 0.0262. The fourth-order valence-corrected chi connectivity index (χ4v) is 6.62. The smallest absolute Gasteiger partial charge is 0.328 e. The third-order valence-corrected chi connectivity index (χ3v) is 9.66. The van der Waals surface area contributed by atoms with Crippen LogP contribution >= 0.6 is 0 Å². The zero-order chi connectivity index (χ0) is 40.2. The van der Waals surface area contributed by atoms with Crippen LogP contribution in [0.4, 0.5) is 8.78 Å². The van der Waals surface area contributed by atoms with Crippen LogP contribution in [0.5, 0.6) is 0 Å². The molecule has 1 aromatic rings. The molecule has 6 atom stereocenters. The lowest BCUT2D eigenvalue weighted by Gasteiger charge is -2.34. The number of carbonyl (C=O) groups excluding carboxylic acids is 7. The van der Waals surface area contributed by atoms with E-state index in [0.29, 0.717) is 18.9 Å². The van der Waals surface area contributed by atoms with Crippen molar-refractivity contribution < 1.29 is 47.1 Å². The Kier molecular flexibility index (Phi) is 15.0. The summed E-state index contributed by atoms with van der Waals surface area (Å²) in [5.41, 5.74) is 0.0262. The molecular weight excluding hydrogens is 718 g/mol. The number of rotatable bonds is 9. The van der Waals surface area contributed by atoms with Gasteiger partial charge >= 0.3 is 5.97 Å². The van der Waals surface area contributed by atoms with Gasteiger partial charge in [-0.05, 0) is 64.2 Å². The third kappa shape index (κ3) is 11.2. The Bertz CT molecular complexity index is 1740. The average Bonchev–Trinajstić information content (AvgIpc) is 3.84. The highest BCUT2D eigenvalue weighted by molar-refractivity contribution is 5.98. The van der Waals surface area contributed by atoms with Gasteiger partial charge in [-0.3, -0.25) is 28.8 Å². The molecular formula is C39H48F2N6O8. The highest BCUT2D eigenvalue weighted by atomic mass is 19.1. The number of hydrogen-bond acceptors (Lipinski definition) is 8. The van der Waals surface area contributed by atoms with Crippen molar-refractivity contribution in [3.8, 4) is 0 Å². The first kappa shape index (κ1) is 42.1. The van der Waals surface area contributed by atoms with Gasteiger partial charge in [-0.1, -0.05) is 42.5 Å². The van der Waals surface area contributed by atoms with E-state index in [0.717, 1.165) is 18.2 Å². The van der Waals surface area contributed by atoms with Gasteiger partial charge in [0.05, 0.1) is 0 Å². The minimum Gasteiger partial charge on any atom is -0.461 e. The van der Waals surface area contributed by atoms with E-state index >= 15 is 0 Å². The number of fused-ring (bicyclic) bond motifs is 2. The number of cyclic esters (lactones) is 1. The topological polar surface area (TPSA) is 175 Å². The Balaban J connectivity index is 1.65. The summed E-state index contributed by atoms with van der Waals surface area (Å²) in [6, 6.07) is -4.53. The average molecular weight is 767 g/mol. The third-order valence-electron chi connectivity index (χ3n) is 9.66. The predicted octanol–water partition coefficient (Wildman–Crippen LogP) is 1.61. The molecule has 16 heteroatoms. The molecule has 0 radical (unpaired) electrons. The maximum Gasteiger partial charge on any atom is 0.328 e. The number of allylic oxidation sites excluding steroid dienone is 7. The number of halogens is 2. The first-order chi connectivity index (χ1) is 26.2. The number of ether oxygens (including phenoxy) is 1. The van der Waals surface area contributed by atoms with Crippen LogP contribution in [0.15, 0.2) is 66.8 Å². The second-order valence-corrected chi connectivity index (χ2v) is 13.6.